The predicted molar refractivity (Wildman–Crippen MR) is 73.2 cm³/mol. The minimum Gasteiger partial charge on any atom is -0.335 e. The highest BCUT2D eigenvalue weighted by atomic mass is 16.2. The van der Waals surface area contributed by atoms with Gasteiger partial charge in [-0.25, -0.2) is 4.98 Å². The first-order valence-corrected chi connectivity index (χ1v) is 6.61. The Balaban J connectivity index is 1.86. The van der Waals surface area contributed by atoms with Crippen LogP contribution >= 0.6 is 0 Å². The van der Waals surface area contributed by atoms with E-state index >= 15 is 0 Å². The van der Waals surface area contributed by atoms with Gasteiger partial charge in [0.2, 0.25) is 0 Å². The van der Waals surface area contributed by atoms with Crippen LogP contribution in [0.1, 0.15) is 24.2 Å². The molecule has 0 unspecified atom stereocenters. The highest BCUT2D eigenvalue weighted by Gasteiger charge is 2.25. The van der Waals surface area contributed by atoms with Crippen LogP contribution in [0.5, 0.6) is 0 Å². The fourth-order valence-corrected chi connectivity index (χ4v) is 2.72. The number of carbonyl (C=O) groups excluding carboxylic acids is 1. The van der Waals surface area contributed by atoms with Crippen molar-refractivity contribution in [3.63, 3.8) is 0 Å². The monoisotopic (exact) mass is 258 g/mol. The molecule has 2 atom stereocenters. The molecule has 2 aromatic rings. The topological polar surface area (TPSA) is 49.6 Å². The molecule has 100 valence electrons. The fraction of sp³-hybridized carbons (Fsp3) is 0.429. The lowest BCUT2D eigenvalue weighted by Gasteiger charge is -2.36. The first-order valence-electron chi connectivity index (χ1n) is 6.61. The van der Waals surface area contributed by atoms with Crippen LogP contribution in [0.25, 0.3) is 5.65 Å². The van der Waals surface area contributed by atoms with Crippen molar-refractivity contribution in [3.8, 4) is 0 Å². The molecule has 2 aromatic heterocycles. The average Bonchev–Trinajstić information content (AvgIpc) is 2.83. The standard InChI is InChI=1S/C14H18N4O/c1-10-7-18(8-11(2)16-10)14(19)12-3-4-13-15-5-6-17(13)9-12/h3-6,9-11,16H,7-8H2,1-2H3/t10-,11+. The minimum atomic E-state index is 0.0933. The van der Waals surface area contributed by atoms with Crippen molar-refractivity contribution < 1.29 is 4.79 Å². The number of rotatable bonds is 1. The van der Waals surface area contributed by atoms with Gasteiger partial charge in [-0.1, -0.05) is 0 Å². The fourth-order valence-electron chi connectivity index (χ4n) is 2.72. The number of fused-ring (bicyclic) bond motifs is 1. The van der Waals surface area contributed by atoms with E-state index in [-0.39, 0.29) is 5.91 Å². The molecule has 1 aliphatic heterocycles. The van der Waals surface area contributed by atoms with Gasteiger partial charge in [-0.15, -0.1) is 0 Å². The van der Waals surface area contributed by atoms with Crippen molar-refractivity contribution >= 4 is 11.6 Å². The zero-order valence-corrected chi connectivity index (χ0v) is 11.2. The molecule has 1 aliphatic rings. The van der Waals surface area contributed by atoms with E-state index < -0.39 is 0 Å². The Morgan fingerprint density at radius 2 is 2.05 bits per heavy atom. The van der Waals surface area contributed by atoms with Gasteiger partial charge in [0.05, 0.1) is 5.56 Å². The Labute approximate surface area is 112 Å². The van der Waals surface area contributed by atoms with Gasteiger partial charge in [-0.2, -0.15) is 0 Å². The summed E-state index contributed by atoms with van der Waals surface area (Å²) < 4.78 is 1.88. The predicted octanol–water partition coefficient (Wildman–Crippen LogP) is 1.16. The lowest BCUT2D eigenvalue weighted by atomic mass is 10.1. The molecule has 19 heavy (non-hydrogen) atoms. The summed E-state index contributed by atoms with van der Waals surface area (Å²) in [5.74, 6) is 0.0933. The van der Waals surface area contributed by atoms with Crippen LogP contribution in [-0.4, -0.2) is 45.4 Å². The molecule has 3 rings (SSSR count). The third-order valence-corrected chi connectivity index (χ3v) is 3.48. The Hall–Kier alpha value is -1.88. The maximum atomic E-state index is 12.5. The number of nitrogens with zero attached hydrogens (tertiary/aromatic N) is 3. The Kier molecular flexibility index (Phi) is 2.98. The zero-order chi connectivity index (χ0) is 13.4. The van der Waals surface area contributed by atoms with Crippen LogP contribution in [0.3, 0.4) is 0 Å². The SMILES string of the molecule is C[C@@H]1CN(C(=O)c2ccc3nccn3c2)C[C@H](C)N1. The molecule has 1 saturated heterocycles. The van der Waals surface area contributed by atoms with Crippen molar-refractivity contribution in [2.45, 2.75) is 25.9 Å². The van der Waals surface area contributed by atoms with Gasteiger partial charge >= 0.3 is 0 Å². The summed E-state index contributed by atoms with van der Waals surface area (Å²) in [5, 5.41) is 3.43. The lowest BCUT2D eigenvalue weighted by molar-refractivity contribution is 0.0673. The number of amides is 1. The van der Waals surface area contributed by atoms with E-state index in [1.165, 1.54) is 0 Å². The van der Waals surface area contributed by atoms with Gasteiger partial charge in [0.1, 0.15) is 5.65 Å². The van der Waals surface area contributed by atoms with Crippen molar-refractivity contribution in [1.82, 2.24) is 19.6 Å². The molecule has 3 heterocycles. The van der Waals surface area contributed by atoms with E-state index in [2.05, 4.69) is 24.1 Å². The summed E-state index contributed by atoms with van der Waals surface area (Å²) in [7, 11) is 0. The maximum Gasteiger partial charge on any atom is 0.255 e. The van der Waals surface area contributed by atoms with E-state index in [9.17, 15) is 4.79 Å². The lowest BCUT2D eigenvalue weighted by Crippen LogP contribution is -2.55. The minimum absolute atomic E-state index is 0.0933. The van der Waals surface area contributed by atoms with Gasteiger partial charge in [0.15, 0.2) is 0 Å². The third-order valence-electron chi connectivity index (χ3n) is 3.48. The molecule has 0 spiro atoms. The summed E-state index contributed by atoms with van der Waals surface area (Å²) in [6, 6.07) is 4.40. The molecular formula is C14H18N4O. The summed E-state index contributed by atoms with van der Waals surface area (Å²) in [5.41, 5.74) is 1.57. The van der Waals surface area contributed by atoms with E-state index in [1.807, 2.05) is 33.8 Å². The zero-order valence-electron chi connectivity index (χ0n) is 11.2. The van der Waals surface area contributed by atoms with E-state index in [1.54, 1.807) is 6.20 Å². The van der Waals surface area contributed by atoms with Crippen molar-refractivity contribution in [3.05, 3.63) is 36.3 Å². The number of aromatic nitrogens is 2. The summed E-state index contributed by atoms with van der Waals surface area (Å²) in [6.45, 7) is 5.72. The number of hydrogen-bond donors (Lipinski definition) is 1. The van der Waals surface area contributed by atoms with Gasteiger partial charge in [0.25, 0.3) is 5.91 Å². The number of piperazine rings is 1. The summed E-state index contributed by atoms with van der Waals surface area (Å²) in [4.78, 5) is 18.6. The third kappa shape index (κ3) is 2.33. The Bertz CT molecular complexity index is 596. The maximum absolute atomic E-state index is 12.5. The number of imidazole rings is 1. The van der Waals surface area contributed by atoms with E-state index in [0.29, 0.717) is 17.6 Å². The molecular weight excluding hydrogens is 240 g/mol. The number of hydrogen-bond acceptors (Lipinski definition) is 3. The van der Waals surface area contributed by atoms with Crippen LogP contribution < -0.4 is 5.32 Å². The number of pyridine rings is 1. The van der Waals surface area contributed by atoms with Crippen LogP contribution in [0.2, 0.25) is 0 Å². The Morgan fingerprint density at radius 1 is 1.32 bits per heavy atom. The molecule has 0 bridgehead atoms. The second kappa shape index (κ2) is 4.66. The van der Waals surface area contributed by atoms with Gasteiger partial charge < -0.3 is 14.6 Å². The molecule has 0 aromatic carbocycles. The van der Waals surface area contributed by atoms with Gasteiger partial charge in [-0.05, 0) is 26.0 Å². The van der Waals surface area contributed by atoms with Gasteiger partial charge in [0, 0.05) is 43.8 Å². The van der Waals surface area contributed by atoms with E-state index in [0.717, 1.165) is 18.7 Å². The second-order valence-electron chi connectivity index (χ2n) is 5.29. The number of carbonyl (C=O) groups is 1. The van der Waals surface area contributed by atoms with Crippen LogP contribution in [0.4, 0.5) is 0 Å². The van der Waals surface area contributed by atoms with Crippen molar-refractivity contribution in [2.24, 2.45) is 0 Å². The molecule has 0 saturated carbocycles. The summed E-state index contributed by atoms with van der Waals surface area (Å²) in [6.07, 6.45) is 5.44. The normalized spacial score (nSPS) is 23.8. The molecule has 0 radical (unpaired) electrons. The smallest absolute Gasteiger partial charge is 0.255 e. The van der Waals surface area contributed by atoms with Crippen molar-refractivity contribution in [2.75, 3.05) is 13.1 Å². The van der Waals surface area contributed by atoms with Gasteiger partial charge in [-0.3, -0.25) is 4.79 Å². The van der Waals surface area contributed by atoms with Crippen LogP contribution in [0.15, 0.2) is 30.7 Å². The first-order chi connectivity index (χ1) is 9.13. The largest absolute Gasteiger partial charge is 0.335 e. The average molecular weight is 258 g/mol. The van der Waals surface area contributed by atoms with Crippen molar-refractivity contribution in [1.29, 1.82) is 0 Å². The highest BCUT2D eigenvalue weighted by Crippen LogP contribution is 2.11. The van der Waals surface area contributed by atoms with Crippen LogP contribution in [0, 0.1) is 0 Å². The molecule has 1 fully saturated rings. The Morgan fingerprint density at radius 3 is 2.79 bits per heavy atom. The molecule has 0 aliphatic carbocycles. The molecule has 1 N–H and O–H groups in total. The quantitative estimate of drug-likeness (QED) is 0.835. The molecule has 1 amide bonds. The molecule has 5 nitrogen and oxygen atoms in total. The van der Waals surface area contributed by atoms with Crippen LogP contribution in [-0.2, 0) is 0 Å². The second-order valence-corrected chi connectivity index (χ2v) is 5.29. The highest BCUT2D eigenvalue weighted by molar-refractivity contribution is 5.94. The first kappa shape index (κ1) is 12.2. The molecule has 5 heteroatoms. The van der Waals surface area contributed by atoms with E-state index in [4.69, 9.17) is 0 Å². The summed E-state index contributed by atoms with van der Waals surface area (Å²) >= 11 is 0. The number of nitrogens with one attached hydrogen (secondary N) is 1.